The van der Waals surface area contributed by atoms with Crippen molar-refractivity contribution in [3.8, 4) is 67.3 Å². The smallest absolute Gasteiger partial charge is 0.160 e. The number of aromatic nitrogens is 2. The summed E-state index contributed by atoms with van der Waals surface area (Å²) in [4.78, 5) is 10.9. The maximum absolute atomic E-state index is 5.46. The van der Waals surface area contributed by atoms with Crippen molar-refractivity contribution in [1.82, 2.24) is 9.97 Å². The molecule has 0 aliphatic heterocycles. The van der Waals surface area contributed by atoms with Crippen molar-refractivity contribution < 1.29 is 0 Å². The quantitative estimate of drug-likeness (QED) is 0.123. The molecule has 0 aliphatic rings. The van der Waals surface area contributed by atoms with Gasteiger partial charge >= 0.3 is 0 Å². The van der Waals surface area contributed by atoms with Gasteiger partial charge < -0.3 is 0 Å². The number of hydrogen-bond donors (Lipinski definition) is 0. The highest BCUT2D eigenvalue weighted by molar-refractivity contribution is 7.26. The van der Waals surface area contributed by atoms with Gasteiger partial charge in [0.15, 0.2) is 5.82 Å². The summed E-state index contributed by atoms with van der Waals surface area (Å²) in [6, 6.07) is 84.2. The van der Waals surface area contributed by atoms with Gasteiger partial charge in [0.25, 0.3) is 0 Å². The average Bonchev–Trinajstić information content (AvgIpc) is 3.98. The Bertz CT molecular complexity index is 4200. The minimum atomic E-state index is 0.686. The summed E-state index contributed by atoms with van der Waals surface area (Å²) in [6.45, 7) is 0. The number of fused-ring (bicyclic) bond motifs is 10. The number of hydrogen-bond acceptors (Lipinski definition) is 4. The molecule has 3 aromatic heterocycles. The third-order valence-electron chi connectivity index (χ3n) is 13.6. The molecule has 0 unspecified atom stereocenters. The minimum Gasteiger partial charge on any atom is -0.228 e. The first-order valence-corrected chi connectivity index (χ1v) is 24.7. The Morgan fingerprint density at radius 2 is 0.779 bits per heavy atom. The van der Waals surface area contributed by atoms with Crippen LogP contribution >= 0.6 is 22.7 Å². The molecule has 0 N–H and O–H groups in total. The van der Waals surface area contributed by atoms with Crippen molar-refractivity contribution in [3.63, 3.8) is 0 Å². The fourth-order valence-corrected chi connectivity index (χ4v) is 12.6. The van der Waals surface area contributed by atoms with Crippen LogP contribution in [0.1, 0.15) is 0 Å². The fourth-order valence-electron chi connectivity index (χ4n) is 10.4. The van der Waals surface area contributed by atoms with E-state index in [1.807, 2.05) is 22.7 Å². The molecule has 0 fully saturated rings. The molecule has 0 bridgehead atoms. The molecular weight excluding hydrogens is 861 g/mol. The Balaban J connectivity index is 1.02. The van der Waals surface area contributed by atoms with Crippen LogP contribution in [0.3, 0.4) is 0 Å². The zero-order chi connectivity index (χ0) is 44.7. The van der Waals surface area contributed by atoms with E-state index in [0.29, 0.717) is 5.82 Å². The van der Waals surface area contributed by atoms with Gasteiger partial charge in [-0.1, -0.05) is 164 Å². The van der Waals surface area contributed by atoms with Crippen molar-refractivity contribution in [2.45, 2.75) is 0 Å². The molecular formula is C64H38N2S2. The fraction of sp³-hybridized carbons (Fsp3) is 0. The standard InChI is InChI=1S/C64H38N2S2/c1-2-15-40(16-3-1)64-65-57(38-58(66-64)49-20-8-9-23-52(49)63-48-19-7-5-17-43(48)37-54-47-18-6-4-14-39(47)26-29-53(54)63)46-33-44(41-27-30-61-55(35-41)50-21-10-12-24-59(50)67-61)32-45(34-46)42-28-31-62-56(36-42)51-22-11-13-25-60(51)68-62/h1-38H. The first-order chi connectivity index (χ1) is 33.7. The van der Waals surface area contributed by atoms with E-state index in [1.54, 1.807) is 0 Å². The van der Waals surface area contributed by atoms with Gasteiger partial charge in [-0.2, -0.15) is 0 Å². The van der Waals surface area contributed by atoms with Gasteiger partial charge in [0.1, 0.15) is 0 Å². The molecule has 4 heteroatoms. The van der Waals surface area contributed by atoms with Crippen molar-refractivity contribution in [1.29, 1.82) is 0 Å². The Labute approximate surface area is 400 Å². The predicted molar refractivity (Wildman–Crippen MR) is 293 cm³/mol. The third kappa shape index (κ3) is 6.45. The SMILES string of the molecule is c1ccc(-c2nc(-c3cc(-c4ccc5sc6ccccc6c5c4)cc(-c4ccc5sc6ccccc6c5c4)c3)cc(-c3ccccc3-c3c4ccccc4cc4c3ccc3ccccc34)n2)cc1. The predicted octanol–water partition coefficient (Wildman–Crippen LogP) is 18.7. The summed E-state index contributed by atoms with van der Waals surface area (Å²) in [5.74, 6) is 0.686. The lowest BCUT2D eigenvalue weighted by molar-refractivity contribution is 1.18. The molecule has 0 atom stereocenters. The van der Waals surface area contributed by atoms with Crippen molar-refractivity contribution in [2.75, 3.05) is 0 Å². The molecule has 68 heavy (non-hydrogen) atoms. The summed E-state index contributed by atoms with van der Waals surface area (Å²) < 4.78 is 5.19. The van der Waals surface area contributed by atoms with Gasteiger partial charge in [0, 0.05) is 57.0 Å². The van der Waals surface area contributed by atoms with Gasteiger partial charge in [-0.15, -0.1) is 22.7 Å². The van der Waals surface area contributed by atoms with Crippen LogP contribution in [0.25, 0.3) is 140 Å². The van der Waals surface area contributed by atoms with E-state index in [1.165, 1.54) is 89.4 Å². The summed E-state index contributed by atoms with van der Waals surface area (Å²) in [7, 11) is 0. The second-order valence-corrected chi connectivity index (χ2v) is 19.8. The first-order valence-electron chi connectivity index (χ1n) is 23.0. The summed E-state index contributed by atoms with van der Waals surface area (Å²) in [6.07, 6.45) is 0. The number of nitrogens with zero attached hydrogens (tertiary/aromatic N) is 2. The molecule has 0 radical (unpaired) electrons. The van der Waals surface area contributed by atoms with E-state index in [-0.39, 0.29) is 0 Å². The maximum atomic E-state index is 5.46. The first kappa shape index (κ1) is 38.9. The average molecular weight is 899 g/mol. The van der Waals surface area contributed by atoms with E-state index in [4.69, 9.17) is 9.97 Å². The molecule has 2 nitrogen and oxygen atoms in total. The molecule has 0 saturated heterocycles. The number of thiophene rings is 2. The Hall–Kier alpha value is -8.28. The Morgan fingerprint density at radius 1 is 0.250 bits per heavy atom. The molecule has 0 aliphatic carbocycles. The topological polar surface area (TPSA) is 25.8 Å². The molecule has 14 aromatic rings. The van der Waals surface area contributed by atoms with E-state index in [0.717, 1.165) is 44.8 Å². The van der Waals surface area contributed by atoms with Gasteiger partial charge in [-0.25, -0.2) is 9.97 Å². The lowest BCUT2D eigenvalue weighted by atomic mass is 9.87. The highest BCUT2D eigenvalue weighted by Gasteiger charge is 2.20. The second-order valence-electron chi connectivity index (χ2n) is 17.6. The summed E-state index contributed by atoms with van der Waals surface area (Å²) in [5, 5.41) is 12.5. The van der Waals surface area contributed by atoms with Crippen LogP contribution in [0, 0.1) is 0 Å². The largest absolute Gasteiger partial charge is 0.228 e. The zero-order valence-electron chi connectivity index (χ0n) is 36.7. The van der Waals surface area contributed by atoms with Crippen LogP contribution in [0.5, 0.6) is 0 Å². The van der Waals surface area contributed by atoms with Crippen molar-refractivity contribution in [3.05, 3.63) is 231 Å². The minimum absolute atomic E-state index is 0.686. The molecule has 0 amide bonds. The monoisotopic (exact) mass is 898 g/mol. The van der Waals surface area contributed by atoms with Crippen LogP contribution < -0.4 is 0 Å². The maximum Gasteiger partial charge on any atom is 0.160 e. The zero-order valence-corrected chi connectivity index (χ0v) is 38.3. The molecule has 3 heterocycles. The summed E-state index contributed by atoms with van der Waals surface area (Å²) in [5.41, 5.74) is 11.8. The molecule has 0 saturated carbocycles. The van der Waals surface area contributed by atoms with Gasteiger partial charge in [0.05, 0.1) is 11.4 Å². The molecule has 11 aromatic carbocycles. The lowest BCUT2D eigenvalue weighted by Gasteiger charge is -2.18. The van der Waals surface area contributed by atoms with Gasteiger partial charge in [-0.3, -0.25) is 0 Å². The second kappa shape index (κ2) is 15.7. The van der Waals surface area contributed by atoms with Crippen LogP contribution in [-0.2, 0) is 0 Å². The molecule has 316 valence electrons. The summed E-state index contributed by atoms with van der Waals surface area (Å²) >= 11 is 3.70. The number of rotatable bonds is 6. The highest BCUT2D eigenvalue weighted by atomic mass is 32.1. The Kier molecular flexibility index (Phi) is 8.98. The lowest BCUT2D eigenvalue weighted by Crippen LogP contribution is -1.98. The Morgan fingerprint density at radius 3 is 1.47 bits per heavy atom. The molecule has 14 rings (SSSR count). The van der Waals surface area contributed by atoms with Crippen LogP contribution in [0.2, 0.25) is 0 Å². The number of benzene rings is 11. The molecule has 0 spiro atoms. The van der Waals surface area contributed by atoms with E-state index >= 15 is 0 Å². The van der Waals surface area contributed by atoms with Crippen LogP contribution in [0.4, 0.5) is 0 Å². The van der Waals surface area contributed by atoms with Crippen molar-refractivity contribution >= 4 is 95.3 Å². The normalized spacial score (nSPS) is 11.8. The van der Waals surface area contributed by atoms with E-state index in [9.17, 15) is 0 Å². The van der Waals surface area contributed by atoms with Crippen LogP contribution in [0.15, 0.2) is 231 Å². The van der Waals surface area contributed by atoms with Gasteiger partial charge in [0.2, 0.25) is 0 Å². The van der Waals surface area contributed by atoms with Crippen LogP contribution in [-0.4, -0.2) is 9.97 Å². The van der Waals surface area contributed by atoms with Crippen molar-refractivity contribution in [2.24, 2.45) is 0 Å². The highest BCUT2D eigenvalue weighted by Crippen LogP contribution is 2.45. The van der Waals surface area contributed by atoms with E-state index in [2.05, 4.69) is 231 Å². The van der Waals surface area contributed by atoms with Gasteiger partial charge in [-0.05, 0) is 132 Å². The third-order valence-corrected chi connectivity index (χ3v) is 16.0. The van der Waals surface area contributed by atoms with E-state index < -0.39 is 0 Å².